The summed E-state index contributed by atoms with van der Waals surface area (Å²) in [5.41, 5.74) is 6.61. The zero-order chi connectivity index (χ0) is 12.0. The highest BCUT2D eigenvalue weighted by Crippen LogP contribution is 2.15. The highest BCUT2D eigenvalue weighted by atomic mass is 79.9. The van der Waals surface area contributed by atoms with Gasteiger partial charge in [0.05, 0.1) is 0 Å². The average molecular weight is 286 g/mol. The number of halogens is 1. The van der Waals surface area contributed by atoms with Crippen molar-refractivity contribution >= 4 is 21.8 Å². The van der Waals surface area contributed by atoms with Crippen LogP contribution in [-0.4, -0.2) is 17.1 Å². The molecule has 0 fully saturated rings. The fourth-order valence-corrected chi connectivity index (χ4v) is 1.78. The Hall–Kier alpha value is -1.07. The van der Waals surface area contributed by atoms with Gasteiger partial charge in [-0.2, -0.15) is 0 Å². The smallest absolute Gasteiger partial charge is 0.140 e. The number of rotatable bonds is 5. The molecular weight excluding hydrogens is 270 g/mol. The van der Waals surface area contributed by atoms with Crippen molar-refractivity contribution in [2.24, 2.45) is 10.9 Å². The Kier molecular flexibility index (Phi) is 5.28. The molecule has 0 saturated carbocycles. The topological polar surface area (TPSA) is 70.6 Å². The molecule has 88 valence electrons. The van der Waals surface area contributed by atoms with E-state index in [1.807, 2.05) is 31.2 Å². The molecule has 1 aromatic rings. The summed E-state index contributed by atoms with van der Waals surface area (Å²) in [6, 6.07) is 8.20. The Labute approximate surface area is 104 Å². The highest BCUT2D eigenvalue weighted by Gasteiger charge is 2.05. The zero-order valence-electron chi connectivity index (χ0n) is 9.15. The number of nitrogens with zero attached hydrogens (tertiary/aromatic N) is 1. The first-order chi connectivity index (χ1) is 7.63. The number of hydrogen-bond donors (Lipinski definition) is 3. The molecule has 0 bridgehead atoms. The van der Waals surface area contributed by atoms with Gasteiger partial charge in [-0.25, -0.2) is 0 Å². The van der Waals surface area contributed by atoms with Crippen molar-refractivity contribution in [2.75, 3.05) is 0 Å². The first kappa shape index (κ1) is 13.0. The van der Waals surface area contributed by atoms with Gasteiger partial charge in [0.25, 0.3) is 0 Å². The molecule has 0 saturated heterocycles. The van der Waals surface area contributed by atoms with Crippen LogP contribution in [-0.2, 0) is 6.54 Å². The third kappa shape index (κ3) is 4.20. The molecule has 1 atom stereocenters. The molecule has 1 unspecified atom stereocenters. The maximum Gasteiger partial charge on any atom is 0.140 e. The average Bonchev–Trinajstić information content (AvgIpc) is 2.28. The summed E-state index contributed by atoms with van der Waals surface area (Å²) in [6.07, 6.45) is 0.529. The minimum atomic E-state index is 0.169. The third-order valence-corrected chi connectivity index (χ3v) is 3.02. The summed E-state index contributed by atoms with van der Waals surface area (Å²) in [7, 11) is 0. The number of nitrogens with one attached hydrogen (secondary N) is 1. The van der Waals surface area contributed by atoms with Crippen LogP contribution in [0.5, 0.6) is 0 Å². The fraction of sp³-hybridized carbons (Fsp3) is 0.364. The van der Waals surface area contributed by atoms with E-state index >= 15 is 0 Å². The SMILES string of the molecule is CC(CC(N)=NO)NCc1ccccc1Br. The lowest BCUT2D eigenvalue weighted by molar-refractivity contribution is 0.316. The minimum Gasteiger partial charge on any atom is -0.409 e. The fourth-order valence-electron chi connectivity index (χ4n) is 1.35. The largest absolute Gasteiger partial charge is 0.409 e. The van der Waals surface area contributed by atoms with Crippen LogP contribution < -0.4 is 11.1 Å². The van der Waals surface area contributed by atoms with Crippen molar-refractivity contribution in [3.8, 4) is 0 Å². The number of nitrogens with two attached hydrogens (primary N) is 1. The van der Waals surface area contributed by atoms with E-state index < -0.39 is 0 Å². The maximum absolute atomic E-state index is 8.44. The van der Waals surface area contributed by atoms with Gasteiger partial charge in [0.15, 0.2) is 0 Å². The second-order valence-corrected chi connectivity index (χ2v) is 4.52. The van der Waals surface area contributed by atoms with Crippen molar-refractivity contribution in [3.63, 3.8) is 0 Å². The van der Waals surface area contributed by atoms with Gasteiger partial charge in [0.1, 0.15) is 5.84 Å². The highest BCUT2D eigenvalue weighted by molar-refractivity contribution is 9.10. The van der Waals surface area contributed by atoms with Gasteiger partial charge >= 0.3 is 0 Å². The molecule has 0 aromatic heterocycles. The minimum absolute atomic E-state index is 0.169. The Bertz CT molecular complexity index is 368. The number of amidine groups is 1. The van der Waals surface area contributed by atoms with E-state index in [2.05, 4.69) is 26.4 Å². The Morgan fingerprint density at radius 3 is 2.88 bits per heavy atom. The van der Waals surface area contributed by atoms with Crippen molar-refractivity contribution in [1.29, 1.82) is 0 Å². The Balaban J connectivity index is 2.43. The number of benzene rings is 1. The van der Waals surface area contributed by atoms with Crippen LogP contribution in [0.1, 0.15) is 18.9 Å². The van der Waals surface area contributed by atoms with Crippen LogP contribution in [0.25, 0.3) is 0 Å². The molecule has 0 aliphatic carbocycles. The van der Waals surface area contributed by atoms with Crippen molar-refractivity contribution in [2.45, 2.75) is 25.9 Å². The predicted molar refractivity (Wildman–Crippen MR) is 68.5 cm³/mol. The monoisotopic (exact) mass is 285 g/mol. The Morgan fingerprint density at radius 2 is 2.25 bits per heavy atom. The molecule has 1 aromatic carbocycles. The molecule has 5 heteroatoms. The lowest BCUT2D eigenvalue weighted by Crippen LogP contribution is -2.30. The van der Waals surface area contributed by atoms with Crippen molar-refractivity contribution in [3.05, 3.63) is 34.3 Å². The lowest BCUT2D eigenvalue weighted by atomic mass is 10.2. The van der Waals surface area contributed by atoms with E-state index in [9.17, 15) is 0 Å². The summed E-state index contributed by atoms with van der Waals surface area (Å²) < 4.78 is 1.08. The summed E-state index contributed by atoms with van der Waals surface area (Å²) in [4.78, 5) is 0. The second-order valence-electron chi connectivity index (χ2n) is 3.67. The summed E-state index contributed by atoms with van der Waals surface area (Å²) in [5.74, 6) is 0.243. The van der Waals surface area contributed by atoms with E-state index in [1.54, 1.807) is 0 Å². The quantitative estimate of drug-likeness (QED) is 0.336. The molecule has 4 nitrogen and oxygen atoms in total. The van der Waals surface area contributed by atoms with Gasteiger partial charge in [-0.3, -0.25) is 0 Å². The van der Waals surface area contributed by atoms with E-state index in [0.29, 0.717) is 6.42 Å². The molecule has 16 heavy (non-hydrogen) atoms. The molecule has 0 aliphatic heterocycles. The standard InChI is InChI=1S/C11H16BrN3O/c1-8(6-11(13)15-16)14-7-9-4-2-3-5-10(9)12/h2-5,8,14,16H,6-7H2,1H3,(H2,13,15). The third-order valence-electron chi connectivity index (χ3n) is 2.24. The van der Waals surface area contributed by atoms with Crippen LogP contribution in [0.15, 0.2) is 33.9 Å². The summed E-state index contributed by atoms with van der Waals surface area (Å²) in [6.45, 7) is 2.75. The molecule has 0 aliphatic rings. The first-order valence-corrected chi connectivity index (χ1v) is 5.86. The number of hydrogen-bond acceptors (Lipinski definition) is 3. The van der Waals surface area contributed by atoms with E-state index in [-0.39, 0.29) is 11.9 Å². The van der Waals surface area contributed by atoms with Gasteiger partial charge in [-0.1, -0.05) is 39.3 Å². The van der Waals surface area contributed by atoms with Crippen LogP contribution in [0, 0.1) is 0 Å². The van der Waals surface area contributed by atoms with Gasteiger partial charge in [0, 0.05) is 23.5 Å². The van der Waals surface area contributed by atoms with E-state index in [0.717, 1.165) is 11.0 Å². The lowest BCUT2D eigenvalue weighted by Gasteiger charge is -2.13. The van der Waals surface area contributed by atoms with Gasteiger partial charge in [-0.15, -0.1) is 0 Å². The normalized spacial score (nSPS) is 13.8. The maximum atomic E-state index is 8.44. The first-order valence-electron chi connectivity index (χ1n) is 5.06. The van der Waals surface area contributed by atoms with Crippen LogP contribution >= 0.6 is 15.9 Å². The van der Waals surface area contributed by atoms with Crippen LogP contribution in [0.2, 0.25) is 0 Å². The summed E-state index contributed by atoms with van der Waals surface area (Å²) in [5, 5.41) is 14.7. The summed E-state index contributed by atoms with van der Waals surface area (Å²) >= 11 is 3.48. The Morgan fingerprint density at radius 1 is 1.56 bits per heavy atom. The van der Waals surface area contributed by atoms with Gasteiger partial charge in [0.2, 0.25) is 0 Å². The second kappa shape index (κ2) is 6.50. The van der Waals surface area contributed by atoms with Crippen LogP contribution in [0.3, 0.4) is 0 Å². The van der Waals surface area contributed by atoms with E-state index in [4.69, 9.17) is 10.9 Å². The predicted octanol–water partition coefficient (Wildman–Crippen LogP) is 2.06. The molecule has 0 heterocycles. The van der Waals surface area contributed by atoms with Crippen molar-refractivity contribution < 1.29 is 5.21 Å². The van der Waals surface area contributed by atoms with Gasteiger partial charge in [-0.05, 0) is 18.6 Å². The molecule has 0 spiro atoms. The molecule has 0 amide bonds. The molecule has 4 N–H and O–H groups in total. The van der Waals surface area contributed by atoms with Crippen molar-refractivity contribution in [1.82, 2.24) is 5.32 Å². The molecular formula is C11H16BrN3O. The zero-order valence-corrected chi connectivity index (χ0v) is 10.7. The molecule has 1 rings (SSSR count). The van der Waals surface area contributed by atoms with Gasteiger partial charge < -0.3 is 16.3 Å². The van der Waals surface area contributed by atoms with Crippen LogP contribution in [0.4, 0.5) is 0 Å². The number of oxime groups is 1. The van der Waals surface area contributed by atoms with E-state index in [1.165, 1.54) is 5.56 Å². The molecule has 0 radical (unpaired) electrons.